The van der Waals surface area contributed by atoms with Crippen molar-refractivity contribution >= 4 is 33.2 Å². The second kappa shape index (κ2) is 11.2. The molecule has 0 bridgehead atoms. The minimum absolute atomic E-state index is 0.107. The van der Waals surface area contributed by atoms with Gasteiger partial charge in [0.25, 0.3) is 5.56 Å². The Hall–Kier alpha value is -3.03. The summed E-state index contributed by atoms with van der Waals surface area (Å²) in [5.41, 5.74) is 2.91. The molecule has 2 aromatic heterocycles. The summed E-state index contributed by atoms with van der Waals surface area (Å²) in [4.78, 5) is 22.8. The summed E-state index contributed by atoms with van der Waals surface area (Å²) in [7, 11) is 1.56. The number of ether oxygens (including phenoxy) is 3. The van der Waals surface area contributed by atoms with Gasteiger partial charge >= 0.3 is 0 Å². The van der Waals surface area contributed by atoms with Crippen molar-refractivity contribution in [2.24, 2.45) is 0 Å². The Balaban J connectivity index is 1.34. The number of nitrogens with one attached hydrogen (secondary N) is 1. The average Bonchev–Trinajstić information content (AvgIpc) is 3.30. The number of halogens is 1. The first kappa shape index (κ1) is 25.6. The SMILES string of the molecule is CCC(C)c1ccccc1OCCOc1c(Cl)cc(-c2nc3sc4c(c3c(=O)[nH]2)CCCC4)cc1OC. The number of hydrogen-bond donors (Lipinski definition) is 1. The number of thiophene rings is 1. The van der Waals surface area contributed by atoms with E-state index >= 15 is 0 Å². The van der Waals surface area contributed by atoms with Crippen molar-refractivity contribution < 1.29 is 14.2 Å². The van der Waals surface area contributed by atoms with Crippen molar-refractivity contribution in [2.75, 3.05) is 20.3 Å². The molecular formula is C29H31ClN2O4S. The van der Waals surface area contributed by atoms with Crippen LogP contribution in [0.15, 0.2) is 41.2 Å². The number of benzene rings is 2. The van der Waals surface area contributed by atoms with Crippen molar-refractivity contribution in [1.29, 1.82) is 0 Å². The van der Waals surface area contributed by atoms with E-state index in [-0.39, 0.29) is 5.56 Å². The Kier molecular flexibility index (Phi) is 7.72. The van der Waals surface area contributed by atoms with Crippen LogP contribution in [-0.4, -0.2) is 30.3 Å². The zero-order valence-corrected chi connectivity index (χ0v) is 22.9. The summed E-state index contributed by atoms with van der Waals surface area (Å²) < 4.78 is 17.6. The molecule has 8 heteroatoms. The minimum Gasteiger partial charge on any atom is -0.493 e. The lowest BCUT2D eigenvalue weighted by Gasteiger charge is -2.17. The smallest absolute Gasteiger partial charge is 0.260 e. The number of rotatable bonds is 9. The van der Waals surface area contributed by atoms with Crippen LogP contribution in [0.5, 0.6) is 17.2 Å². The van der Waals surface area contributed by atoms with E-state index in [2.05, 4.69) is 24.9 Å². The van der Waals surface area contributed by atoms with Crippen LogP contribution in [-0.2, 0) is 12.8 Å². The van der Waals surface area contributed by atoms with Crippen LogP contribution in [0, 0.1) is 0 Å². The van der Waals surface area contributed by atoms with Gasteiger partial charge in [0.2, 0.25) is 0 Å². The van der Waals surface area contributed by atoms with E-state index in [9.17, 15) is 4.79 Å². The quantitative estimate of drug-likeness (QED) is 0.229. The molecule has 1 aliphatic rings. The topological polar surface area (TPSA) is 73.4 Å². The number of H-pyrrole nitrogens is 1. The Morgan fingerprint density at radius 1 is 1.11 bits per heavy atom. The fraction of sp³-hybridized carbons (Fsp3) is 0.379. The van der Waals surface area contributed by atoms with Gasteiger partial charge in [0.15, 0.2) is 11.5 Å². The van der Waals surface area contributed by atoms with Gasteiger partial charge in [0.05, 0.1) is 17.5 Å². The molecule has 1 N–H and O–H groups in total. The maximum atomic E-state index is 13.0. The zero-order valence-electron chi connectivity index (χ0n) is 21.4. The van der Waals surface area contributed by atoms with Gasteiger partial charge in [-0.2, -0.15) is 0 Å². The number of para-hydroxylation sites is 1. The predicted molar refractivity (Wildman–Crippen MR) is 150 cm³/mol. The minimum atomic E-state index is -0.107. The Morgan fingerprint density at radius 3 is 2.70 bits per heavy atom. The van der Waals surface area contributed by atoms with E-state index in [4.69, 9.17) is 30.8 Å². The molecule has 0 fully saturated rings. The van der Waals surface area contributed by atoms with Gasteiger partial charge in [-0.15, -0.1) is 11.3 Å². The van der Waals surface area contributed by atoms with Gasteiger partial charge in [-0.25, -0.2) is 4.98 Å². The number of methoxy groups -OCH3 is 1. The van der Waals surface area contributed by atoms with E-state index < -0.39 is 0 Å². The van der Waals surface area contributed by atoms with Gasteiger partial charge < -0.3 is 19.2 Å². The lowest BCUT2D eigenvalue weighted by Crippen LogP contribution is -2.12. The largest absolute Gasteiger partial charge is 0.493 e. The van der Waals surface area contributed by atoms with Crippen molar-refractivity contribution in [2.45, 2.75) is 51.9 Å². The summed E-state index contributed by atoms with van der Waals surface area (Å²) in [6.45, 7) is 5.02. The van der Waals surface area contributed by atoms with Crippen LogP contribution in [0.1, 0.15) is 55.0 Å². The van der Waals surface area contributed by atoms with Crippen LogP contribution < -0.4 is 19.8 Å². The molecule has 2 heterocycles. The van der Waals surface area contributed by atoms with Crippen LogP contribution >= 0.6 is 22.9 Å². The molecule has 0 saturated carbocycles. The summed E-state index contributed by atoms with van der Waals surface area (Å²) in [6, 6.07) is 11.6. The number of aromatic nitrogens is 2. The molecule has 0 radical (unpaired) electrons. The molecular weight excluding hydrogens is 508 g/mol. The summed E-state index contributed by atoms with van der Waals surface area (Å²) in [5, 5.41) is 1.11. The summed E-state index contributed by atoms with van der Waals surface area (Å²) >= 11 is 8.24. The van der Waals surface area contributed by atoms with E-state index in [1.165, 1.54) is 16.0 Å². The molecule has 194 valence electrons. The highest BCUT2D eigenvalue weighted by Gasteiger charge is 2.21. The van der Waals surface area contributed by atoms with Gasteiger partial charge in [-0.3, -0.25) is 4.79 Å². The number of nitrogens with zero attached hydrogens (tertiary/aromatic N) is 1. The van der Waals surface area contributed by atoms with Crippen LogP contribution in [0.4, 0.5) is 0 Å². The highest BCUT2D eigenvalue weighted by Crippen LogP contribution is 2.40. The molecule has 2 aromatic carbocycles. The molecule has 4 aromatic rings. The fourth-order valence-electron chi connectivity index (χ4n) is 4.83. The second-order valence-corrected chi connectivity index (χ2v) is 10.8. The first-order chi connectivity index (χ1) is 18.0. The first-order valence-corrected chi connectivity index (χ1v) is 14.0. The Morgan fingerprint density at radius 2 is 1.89 bits per heavy atom. The number of aromatic amines is 1. The van der Waals surface area contributed by atoms with Gasteiger partial charge in [-0.05, 0) is 67.3 Å². The van der Waals surface area contributed by atoms with Crippen LogP contribution in [0.2, 0.25) is 5.02 Å². The third kappa shape index (κ3) is 5.20. The summed E-state index contributed by atoms with van der Waals surface area (Å²) in [5.74, 6) is 2.65. The van der Waals surface area contributed by atoms with Crippen LogP contribution in [0.3, 0.4) is 0 Å². The maximum absolute atomic E-state index is 13.0. The molecule has 5 rings (SSSR count). The van der Waals surface area contributed by atoms with Gasteiger partial charge in [0, 0.05) is 10.4 Å². The van der Waals surface area contributed by atoms with Crippen molar-refractivity contribution in [1.82, 2.24) is 9.97 Å². The number of fused-ring (bicyclic) bond motifs is 3. The van der Waals surface area contributed by atoms with Gasteiger partial charge in [0.1, 0.15) is 29.6 Å². The third-order valence-corrected chi connectivity index (χ3v) is 8.44. The Labute approximate surface area is 225 Å². The molecule has 6 nitrogen and oxygen atoms in total. The Bertz CT molecular complexity index is 1480. The molecule has 0 amide bonds. The molecule has 37 heavy (non-hydrogen) atoms. The molecule has 1 atom stereocenters. The first-order valence-electron chi connectivity index (χ1n) is 12.8. The number of aryl methyl sites for hydroxylation is 2. The molecule has 0 aliphatic heterocycles. The second-order valence-electron chi connectivity index (χ2n) is 9.34. The highest BCUT2D eigenvalue weighted by molar-refractivity contribution is 7.18. The third-order valence-electron chi connectivity index (χ3n) is 6.98. The van der Waals surface area contributed by atoms with Crippen molar-refractivity contribution in [3.63, 3.8) is 0 Å². The van der Waals surface area contributed by atoms with Crippen molar-refractivity contribution in [3.05, 3.63) is 67.8 Å². The number of hydrogen-bond acceptors (Lipinski definition) is 6. The van der Waals surface area contributed by atoms with Gasteiger partial charge in [-0.1, -0.05) is 43.6 Å². The molecule has 0 saturated heterocycles. The maximum Gasteiger partial charge on any atom is 0.260 e. The molecule has 1 unspecified atom stereocenters. The standard InChI is InChI=1S/C29H31ClN2O4S/c1-4-17(2)19-9-5-7-11-22(19)35-13-14-36-26-21(30)15-18(16-23(26)34-3)27-31-28(33)25-20-10-6-8-12-24(20)37-29(25)32-27/h5,7,9,11,15-17H,4,6,8,10,12-14H2,1-3H3,(H,31,32,33). The molecule has 0 spiro atoms. The van der Waals surface area contributed by atoms with Crippen LogP contribution in [0.25, 0.3) is 21.6 Å². The van der Waals surface area contributed by atoms with E-state index in [0.717, 1.165) is 48.1 Å². The zero-order chi connectivity index (χ0) is 25.9. The highest BCUT2D eigenvalue weighted by atomic mass is 35.5. The lowest BCUT2D eigenvalue weighted by molar-refractivity contribution is 0.210. The van der Waals surface area contributed by atoms with E-state index in [0.29, 0.717) is 47.0 Å². The summed E-state index contributed by atoms with van der Waals surface area (Å²) in [6.07, 6.45) is 5.28. The van der Waals surface area contributed by atoms with Crippen molar-refractivity contribution in [3.8, 4) is 28.6 Å². The average molecular weight is 539 g/mol. The monoisotopic (exact) mass is 538 g/mol. The fourth-order valence-corrected chi connectivity index (χ4v) is 6.36. The normalized spacial score (nSPS) is 13.8. The van der Waals surface area contributed by atoms with E-state index in [1.807, 2.05) is 18.2 Å². The predicted octanol–water partition coefficient (Wildman–Crippen LogP) is 7.16. The van der Waals surface area contributed by atoms with E-state index in [1.54, 1.807) is 30.6 Å². The molecule has 1 aliphatic carbocycles. The lowest BCUT2D eigenvalue weighted by atomic mass is 9.97.